The Morgan fingerprint density at radius 2 is 2.00 bits per heavy atom. The fourth-order valence-corrected chi connectivity index (χ4v) is 7.26. The lowest BCUT2D eigenvalue weighted by Crippen LogP contribution is -2.51. The van der Waals surface area contributed by atoms with Gasteiger partial charge >= 0.3 is 10.3 Å². The van der Waals surface area contributed by atoms with Gasteiger partial charge in [-0.15, -0.1) is 0 Å². The molecule has 3 saturated carbocycles. The quantitative estimate of drug-likeness (QED) is 0.582. The highest BCUT2D eigenvalue weighted by Gasteiger charge is 2.58. The van der Waals surface area contributed by atoms with Gasteiger partial charge in [-0.3, -0.25) is 9.35 Å². The molecule has 4 aliphatic rings. The summed E-state index contributed by atoms with van der Waals surface area (Å²) in [4.78, 5) is 11.8. The summed E-state index contributed by atoms with van der Waals surface area (Å²) < 4.78 is 34.5. The van der Waals surface area contributed by atoms with Gasteiger partial charge in [-0.2, -0.15) is 13.1 Å². The van der Waals surface area contributed by atoms with E-state index in [9.17, 15) is 17.8 Å². The molecule has 25 heavy (non-hydrogen) atoms. The largest absolute Gasteiger partial charge is 0.333 e. The maximum Gasteiger partial charge on any atom is 0.333 e. The van der Waals surface area contributed by atoms with E-state index in [-0.39, 0.29) is 17.2 Å². The van der Waals surface area contributed by atoms with Crippen LogP contribution in [0.15, 0.2) is 23.8 Å². The molecule has 0 aromatic heterocycles. The molecular weight excluding hydrogens is 338 g/mol. The van der Waals surface area contributed by atoms with Crippen molar-refractivity contribution < 1.29 is 17.8 Å². The maximum atomic E-state index is 11.8. The monoisotopic (exact) mass is 365 g/mol. The molecule has 0 aromatic carbocycles. The van der Waals surface area contributed by atoms with Crippen LogP contribution < -0.4 is 4.72 Å². The molecule has 3 unspecified atom stereocenters. The molecule has 4 rings (SSSR count). The SMILES string of the molecule is C=C1C[C@H](NS(=O)(=O)O)[C@@]2(C)CCC3C4CCC(=O)C=C4CCC3[C@H]12. The minimum Gasteiger partial charge on any atom is -0.295 e. The summed E-state index contributed by atoms with van der Waals surface area (Å²) in [6, 6.07) is -0.272. The number of fused-ring (bicyclic) bond motifs is 5. The molecule has 2 N–H and O–H groups in total. The van der Waals surface area contributed by atoms with Crippen LogP contribution in [0.1, 0.15) is 51.9 Å². The highest BCUT2D eigenvalue weighted by Crippen LogP contribution is 2.63. The van der Waals surface area contributed by atoms with Crippen LogP contribution in [0.3, 0.4) is 0 Å². The van der Waals surface area contributed by atoms with Gasteiger partial charge in [-0.25, -0.2) is 0 Å². The van der Waals surface area contributed by atoms with E-state index >= 15 is 0 Å². The lowest BCUT2D eigenvalue weighted by molar-refractivity contribution is -0.116. The van der Waals surface area contributed by atoms with Gasteiger partial charge < -0.3 is 0 Å². The third-order valence-corrected chi connectivity index (χ3v) is 8.09. The summed E-state index contributed by atoms with van der Waals surface area (Å²) >= 11 is 0. The summed E-state index contributed by atoms with van der Waals surface area (Å²) in [6.07, 6.45) is 8.15. The minimum atomic E-state index is -4.21. The van der Waals surface area contributed by atoms with Crippen LogP contribution in [-0.2, 0) is 15.1 Å². The van der Waals surface area contributed by atoms with E-state index < -0.39 is 10.3 Å². The summed E-state index contributed by atoms with van der Waals surface area (Å²) in [6.45, 7) is 6.44. The van der Waals surface area contributed by atoms with E-state index in [1.807, 2.05) is 6.08 Å². The fourth-order valence-electron chi connectivity index (χ4n) is 6.55. The zero-order valence-electron chi connectivity index (χ0n) is 14.7. The Morgan fingerprint density at radius 3 is 2.72 bits per heavy atom. The minimum absolute atomic E-state index is 0.181. The Morgan fingerprint density at radius 1 is 1.24 bits per heavy atom. The molecule has 0 radical (unpaired) electrons. The number of carbonyl (C=O) groups is 1. The Kier molecular flexibility index (Phi) is 4.02. The summed E-state index contributed by atoms with van der Waals surface area (Å²) in [7, 11) is -4.21. The Balaban J connectivity index is 1.63. The van der Waals surface area contributed by atoms with E-state index in [1.165, 1.54) is 5.57 Å². The predicted octanol–water partition coefficient (Wildman–Crippen LogP) is 3.06. The molecule has 0 aromatic rings. The van der Waals surface area contributed by atoms with Crippen LogP contribution in [-0.4, -0.2) is 24.8 Å². The van der Waals surface area contributed by atoms with Crippen LogP contribution in [0.25, 0.3) is 0 Å². The van der Waals surface area contributed by atoms with Crippen molar-refractivity contribution in [1.29, 1.82) is 0 Å². The second kappa shape index (κ2) is 5.76. The van der Waals surface area contributed by atoms with Crippen molar-refractivity contribution in [3.8, 4) is 0 Å². The third kappa shape index (κ3) is 2.82. The van der Waals surface area contributed by atoms with Crippen molar-refractivity contribution in [2.75, 3.05) is 0 Å². The zero-order chi connectivity index (χ0) is 18.0. The molecular formula is C19H27NO4S. The molecule has 0 aliphatic heterocycles. The predicted molar refractivity (Wildman–Crippen MR) is 95.1 cm³/mol. The average Bonchev–Trinajstić information content (AvgIpc) is 2.76. The fraction of sp³-hybridized carbons (Fsp3) is 0.737. The van der Waals surface area contributed by atoms with Crippen LogP contribution in [0.2, 0.25) is 0 Å². The van der Waals surface area contributed by atoms with Gasteiger partial charge in [0.1, 0.15) is 0 Å². The normalized spacial score (nSPS) is 43.9. The van der Waals surface area contributed by atoms with E-state index in [2.05, 4.69) is 18.2 Å². The molecule has 5 nitrogen and oxygen atoms in total. The topological polar surface area (TPSA) is 83.5 Å². The van der Waals surface area contributed by atoms with Crippen molar-refractivity contribution in [2.24, 2.45) is 29.1 Å². The molecule has 0 amide bonds. The lowest BCUT2D eigenvalue weighted by atomic mass is 9.51. The molecule has 6 heteroatoms. The highest BCUT2D eigenvalue weighted by molar-refractivity contribution is 7.83. The van der Waals surface area contributed by atoms with E-state index in [4.69, 9.17) is 0 Å². The van der Waals surface area contributed by atoms with Crippen molar-refractivity contribution in [2.45, 2.75) is 57.9 Å². The summed E-state index contributed by atoms with van der Waals surface area (Å²) in [5.74, 6) is 2.17. The lowest BCUT2D eigenvalue weighted by Gasteiger charge is -2.53. The molecule has 6 atom stereocenters. The van der Waals surface area contributed by atoms with Gasteiger partial charge in [-0.05, 0) is 73.7 Å². The van der Waals surface area contributed by atoms with Crippen LogP contribution in [0, 0.1) is 29.1 Å². The standard InChI is InChI=1S/C19H27NO4S/c1-11-9-17(20-25(22,23)24)19(2)8-7-15-14-6-4-13(21)10-12(14)3-5-16(15)18(11)19/h10,14-18,20H,1,3-9H2,2H3,(H,22,23,24)/t14?,15?,16?,17-,18-,19+/m0/s1. The Bertz CT molecular complexity index is 755. The molecule has 138 valence electrons. The van der Waals surface area contributed by atoms with Crippen molar-refractivity contribution in [1.82, 2.24) is 4.72 Å². The van der Waals surface area contributed by atoms with Crippen LogP contribution >= 0.6 is 0 Å². The second-order valence-corrected chi connectivity index (χ2v) is 9.91. The zero-order valence-corrected chi connectivity index (χ0v) is 15.5. The number of hydrogen-bond acceptors (Lipinski definition) is 3. The molecule has 4 aliphatic carbocycles. The molecule has 0 bridgehead atoms. The van der Waals surface area contributed by atoms with Gasteiger partial charge in [0.25, 0.3) is 0 Å². The number of allylic oxidation sites excluding steroid dienone is 1. The van der Waals surface area contributed by atoms with E-state index in [0.717, 1.165) is 37.7 Å². The first-order valence-corrected chi connectivity index (χ1v) is 10.8. The second-order valence-electron chi connectivity index (χ2n) is 8.73. The van der Waals surface area contributed by atoms with Crippen LogP contribution in [0.4, 0.5) is 0 Å². The average molecular weight is 365 g/mol. The summed E-state index contributed by atoms with van der Waals surface area (Å²) in [5, 5.41) is 0. The first kappa shape index (κ1) is 17.4. The van der Waals surface area contributed by atoms with Gasteiger partial charge in [-0.1, -0.05) is 24.6 Å². The highest BCUT2D eigenvalue weighted by atomic mass is 32.2. The first-order chi connectivity index (χ1) is 11.7. The molecule has 3 fully saturated rings. The van der Waals surface area contributed by atoms with Gasteiger partial charge in [0.2, 0.25) is 0 Å². The molecule has 0 spiro atoms. The Hall–Kier alpha value is -0.980. The number of hydrogen-bond donors (Lipinski definition) is 2. The number of rotatable bonds is 2. The Labute approximate surface area is 149 Å². The smallest absolute Gasteiger partial charge is 0.295 e. The van der Waals surface area contributed by atoms with Crippen molar-refractivity contribution in [3.63, 3.8) is 0 Å². The van der Waals surface area contributed by atoms with Gasteiger partial charge in [0.05, 0.1) is 0 Å². The maximum absolute atomic E-state index is 11.8. The first-order valence-electron chi connectivity index (χ1n) is 9.35. The molecule has 0 heterocycles. The number of carbonyl (C=O) groups excluding carboxylic acids is 1. The van der Waals surface area contributed by atoms with Gasteiger partial charge in [0.15, 0.2) is 5.78 Å². The van der Waals surface area contributed by atoms with Crippen LogP contribution in [0.5, 0.6) is 0 Å². The number of nitrogens with one attached hydrogen (secondary N) is 1. The molecule has 0 saturated heterocycles. The van der Waals surface area contributed by atoms with Crippen molar-refractivity contribution >= 4 is 16.1 Å². The summed E-state index contributed by atoms with van der Waals surface area (Å²) in [5.41, 5.74) is 2.29. The van der Waals surface area contributed by atoms with E-state index in [1.54, 1.807) is 0 Å². The number of ketones is 1. The van der Waals surface area contributed by atoms with Gasteiger partial charge in [0, 0.05) is 12.5 Å². The van der Waals surface area contributed by atoms with E-state index in [0.29, 0.717) is 36.5 Å². The van der Waals surface area contributed by atoms with Crippen molar-refractivity contribution in [3.05, 3.63) is 23.8 Å². The third-order valence-electron chi connectivity index (χ3n) is 7.51.